The first kappa shape index (κ1) is 13.5. The number of nitrogens with zero attached hydrogens (tertiary/aromatic N) is 1. The Balaban J connectivity index is 3.71. The molecule has 0 bridgehead atoms. The van der Waals surface area contributed by atoms with Gasteiger partial charge in [0.25, 0.3) is 0 Å². The van der Waals surface area contributed by atoms with Gasteiger partial charge in [0.2, 0.25) is 0 Å². The predicted octanol–water partition coefficient (Wildman–Crippen LogP) is 2.70. The minimum atomic E-state index is -0.761. The van der Waals surface area contributed by atoms with Crippen molar-refractivity contribution in [3.63, 3.8) is 0 Å². The number of rotatable bonds is 6. The standard InChI is InChI=1S/C7H15ClNO2PS/c1-4-9(5-2)12(8)13-6-7(10)11-3/h4-6H2,1-3H3. The monoisotopic (exact) mass is 243 g/mol. The molecule has 0 aliphatic heterocycles. The molecule has 3 nitrogen and oxygen atoms in total. The number of esters is 1. The van der Waals surface area contributed by atoms with E-state index in [1.165, 1.54) is 18.5 Å². The van der Waals surface area contributed by atoms with Crippen LogP contribution < -0.4 is 0 Å². The fourth-order valence-electron chi connectivity index (χ4n) is 0.693. The number of hydrogen-bond donors (Lipinski definition) is 0. The first-order valence-electron chi connectivity index (χ1n) is 4.06. The highest BCUT2D eigenvalue weighted by Gasteiger charge is 2.14. The van der Waals surface area contributed by atoms with E-state index in [2.05, 4.69) is 23.3 Å². The highest BCUT2D eigenvalue weighted by Crippen LogP contribution is 2.57. The fourth-order valence-corrected chi connectivity index (χ4v) is 4.53. The van der Waals surface area contributed by atoms with E-state index in [1.807, 2.05) is 0 Å². The molecule has 0 spiro atoms. The molecule has 6 heteroatoms. The first-order chi connectivity index (χ1) is 6.15. The molecule has 1 atom stereocenters. The zero-order valence-electron chi connectivity index (χ0n) is 8.12. The Morgan fingerprint density at radius 1 is 1.54 bits per heavy atom. The van der Waals surface area contributed by atoms with Gasteiger partial charge in [-0.1, -0.05) is 36.5 Å². The molecule has 1 unspecified atom stereocenters. The van der Waals surface area contributed by atoms with Gasteiger partial charge in [0.05, 0.1) is 12.9 Å². The summed E-state index contributed by atoms with van der Waals surface area (Å²) in [4.78, 5) is 10.8. The Kier molecular flexibility index (Phi) is 8.17. The first-order valence-corrected chi connectivity index (χ1v) is 7.85. The maximum atomic E-state index is 10.8. The van der Waals surface area contributed by atoms with Crippen LogP contribution in [-0.4, -0.2) is 36.6 Å². The fraction of sp³-hybridized carbons (Fsp3) is 0.857. The molecule has 0 aliphatic carbocycles. The van der Waals surface area contributed by atoms with Gasteiger partial charge in [-0.2, -0.15) is 0 Å². The van der Waals surface area contributed by atoms with Gasteiger partial charge in [0.15, 0.2) is 0 Å². The van der Waals surface area contributed by atoms with E-state index in [0.717, 1.165) is 13.1 Å². The average Bonchev–Trinajstić information content (AvgIpc) is 2.16. The maximum Gasteiger partial charge on any atom is 0.316 e. The topological polar surface area (TPSA) is 29.5 Å². The van der Waals surface area contributed by atoms with Gasteiger partial charge in [-0.15, -0.1) is 0 Å². The molecule has 0 heterocycles. The van der Waals surface area contributed by atoms with E-state index < -0.39 is 6.63 Å². The van der Waals surface area contributed by atoms with E-state index in [-0.39, 0.29) is 5.97 Å². The summed E-state index contributed by atoms with van der Waals surface area (Å²) < 4.78 is 6.65. The molecule has 0 radical (unpaired) electrons. The van der Waals surface area contributed by atoms with Crippen molar-refractivity contribution < 1.29 is 9.53 Å². The van der Waals surface area contributed by atoms with Crippen molar-refractivity contribution in [1.82, 2.24) is 4.67 Å². The number of halogens is 1. The van der Waals surface area contributed by atoms with Crippen LogP contribution in [0, 0.1) is 0 Å². The van der Waals surface area contributed by atoms with Crippen LogP contribution in [0.3, 0.4) is 0 Å². The van der Waals surface area contributed by atoms with E-state index >= 15 is 0 Å². The lowest BCUT2D eigenvalue weighted by Gasteiger charge is -2.22. The average molecular weight is 244 g/mol. The second-order valence-corrected chi connectivity index (χ2v) is 7.15. The number of carbonyl (C=O) groups is 1. The molecular formula is C7H15ClNO2PS. The normalized spacial score (nSPS) is 13.0. The van der Waals surface area contributed by atoms with E-state index in [0.29, 0.717) is 5.75 Å². The number of carbonyl (C=O) groups excluding carboxylic acids is 1. The smallest absolute Gasteiger partial charge is 0.316 e. The SMILES string of the molecule is CCN(CC)P(Cl)SCC(=O)OC. The molecule has 0 aliphatic rings. The summed E-state index contributed by atoms with van der Waals surface area (Å²) in [6, 6.07) is 0. The Hall–Kier alpha value is 0.500. The third-order valence-electron chi connectivity index (χ3n) is 1.47. The van der Waals surface area contributed by atoms with Crippen molar-refractivity contribution in [2.75, 3.05) is 26.0 Å². The minimum absolute atomic E-state index is 0.217. The van der Waals surface area contributed by atoms with Crippen LogP contribution in [0.1, 0.15) is 13.8 Å². The lowest BCUT2D eigenvalue weighted by Crippen LogP contribution is -2.14. The van der Waals surface area contributed by atoms with Gasteiger partial charge in [0.1, 0.15) is 6.63 Å². The molecule has 0 aromatic heterocycles. The van der Waals surface area contributed by atoms with Crippen molar-refractivity contribution in [3.05, 3.63) is 0 Å². The number of methoxy groups -OCH3 is 1. The number of ether oxygens (including phenoxy) is 1. The minimum Gasteiger partial charge on any atom is -0.468 e. The van der Waals surface area contributed by atoms with Crippen LogP contribution in [0.5, 0.6) is 0 Å². The highest BCUT2D eigenvalue weighted by atomic mass is 35.7. The van der Waals surface area contributed by atoms with E-state index in [1.54, 1.807) is 0 Å². The van der Waals surface area contributed by atoms with Crippen molar-refractivity contribution in [2.45, 2.75) is 13.8 Å². The van der Waals surface area contributed by atoms with Gasteiger partial charge >= 0.3 is 5.97 Å². The second-order valence-electron chi connectivity index (χ2n) is 2.21. The lowest BCUT2D eigenvalue weighted by molar-refractivity contribution is -0.137. The van der Waals surface area contributed by atoms with Crippen LogP contribution >= 0.6 is 29.2 Å². The van der Waals surface area contributed by atoms with E-state index in [9.17, 15) is 4.79 Å². The van der Waals surface area contributed by atoms with Crippen molar-refractivity contribution in [1.29, 1.82) is 0 Å². The van der Waals surface area contributed by atoms with Crippen molar-refractivity contribution in [3.8, 4) is 0 Å². The molecular weight excluding hydrogens is 229 g/mol. The Labute approximate surface area is 89.5 Å². The lowest BCUT2D eigenvalue weighted by atomic mass is 10.7. The molecule has 0 saturated carbocycles. The van der Waals surface area contributed by atoms with Crippen LogP contribution in [0.2, 0.25) is 0 Å². The van der Waals surface area contributed by atoms with Gasteiger partial charge in [0, 0.05) is 13.1 Å². The van der Waals surface area contributed by atoms with Gasteiger partial charge < -0.3 is 4.74 Å². The Morgan fingerprint density at radius 2 is 2.08 bits per heavy atom. The highest BCUT2D eigenvalue weighted by molar-refractivity contribution is 8.62. The van der Waals surface area contributed by atoms with Gasteiger partial charge in [-0.05, 0) is 0 Å². The summed E-state index contributed by atoms with van der Waals surface area (Å²) in [5.74, 6) is 0.118. The maximum absolute atomic E-state index is 10.8. The molecule has 0 amide bonds. The summed E-state index contributed by atoms with van der Waals surface area (Å²) >= 11 is 7.54. The number of hydrogen-bond acceptors (Lipinski definition) is 4. The van der Waals surface area contributed by atoms with Gasteiger partial charge in [-0.25, -0.2) is 0 Å². The third-order valence-corrected chi connectivity index (χ3v) is 6.30. The van der Waals surface area contributed by atoms with Crippen LogP contribution in [0.4, 0.5) is 0 Å². The molecule has 0 N–H and O–H groups in total. The zero-order chi connectivity index (χ0) is 10.3. The molecule has 13 heavy (non-hydrogen) atoms. The third kappa shape index (κ3) is 5.74. The summed E-state index contributed by atoms with van der Waals surface area (Å²) in [7, 11) is 1.39. The summed E-state index contributed by atoms with van der Waals surface area (Å²) in [5, 5.41) is 0. The van der Waals surface area contributed by atoms with E-state index in [4.69, 9.17) is 11.2 Å². The summed E-state index contributed by atoms with van der Waals surface area (Å²) in [6.45, 7) is 5.18. The molecule has 0 fully saturated rings. The molecule has 0 saturated heterocycles. The van der Waals surface area contributed by atoms with Crippen LogP contribution in [-0.2, 0) is 9.53 Å². The van der Waals surface area contributed by atoms with Crippen molar-refractivity contribution in [2.24, 2.45) is 0 Å². The Morgan fingerprint density at radius 3 is 2.46 bits per heavy atom. The van der Waals surface area contributed by atoms with Crippen LogP contribution in [0.25, 0.3) is 0 Å². The largest absolute Gasteiger partial charge is 0.468 e. The summed E-state index contributed by atoms with van der Waals surface area (Å²) in [5.41, 5.74) is 0. The zero-order valence-corrected chi connectivity index (χ0v) is 10.6. The quantitative estimate of drug-likeness (QED) is 0.530. The Bertz CT molecular complexity index is 157. The van der Waals surface area contributed by atoms with Crippen LogP contribution in [0.15, 0.2) is 0 Å². The van der Waals surface area contributed by atoms with Crippen molar-refractivity contribution >= 4 is 35.2 Å². The van der Waals surface area contributed by atoms with Gasteiger partial charge in [-0.3, -0.25) is 9.46 Å². The predicted molar refractivity (Wildman–Crippen MR) is 60.2 cm³/mol. The molecule has 0 aromatic rings. The molecule has 0 rings (SSSR count). The molecule has 78 valence electrons. The summed E-state index contributed by atoms with van der Waals surface area (Å²) in [6.07, 6.45) is 0. The molecule has 0 aromatic carbocycles. The second kappa shape index (κ2) is 7.86.